The van der Waals surface area contributed by atoms with Gasteiger partial charge in [0, 0.05) is 32.7 Å². The van der Waals surface area contributed by atoms with E-state index in [-0.39, 0.29) is 0 Å². The Balaban J connectivity index is 2.31. The van der Waals surface area contributed by atoms with Crippen molar-refractivity contribution in [2.75, 3.05) is 20.3 Å². The molecule has 0 aliphatic heterocycles. The smallest absolute Gasteiger partial charge is 0.0479 e. The average molecular weight is 182 g/mol. The fourth-order valence-electron chi connectivity index (χ4n) is 1.34. The van der Waals surface area contributed by atoms with Gasteiger partial charge in [0.25, 0.3) is 0 Å². The Bertz CT molecular complexity index is 233. The summed E-state index contributed by atoms with van der Waals surface area (Å²) >= 11 is 0. The molecule has 0 bridgehead atoms. The monoisotopic (exact) mass is 182 g/mol. The number of nitrogens with two attached hydrogens (primary N) is 1. The van der Waals surface area contributed by atoms with E-state index in [0.717, 1.165) is 32.5 Å². The van der Waals surface area contributed by atoms with Crippen molar-refractivity contribution in [3.63, 3.8) is 0 Å². The second-order valence-electron chi connectivity index (χ2n) is 3.14. The standard InChI is InChI=1S/C10H18N2O/c1-13-8-2-6-12-7-4-10(9-12)3-5-11/h4,7,9H,2-3,5-6,8,11H2,1H3. The average Bonchev–Trinajstić information content (AvgIpc) is 2.54. The molecular weight excluding hydrogens is 164 g/mol. The van der Waals surface area contributed by atoms with Crippen LogP contribution in [0.3, 0.4) is 0 Å². The number of aromatic nitrogens is 1. The molecule has 0 fully saturated rings. The molecule has 1 aromatic rings. The maximum atomic E-state index is 5.46. The molecule has 2 N–H and O–H groups in total. The topological polar surface area (TPSA) is 40.2 Å². The van der Waals surface area contributed by atoms with E-state index in [1.54, 1.807) is 7.11 Å². The molecule has 1 rings (SSSR count). The van der Waals surface area contributed by atoms with Crippen molar-refractivity contribution in [3.05, 3.63) is 24.0 Å². The third-order valence-electron chi connectivity index (χ3n) is 2.01. The van der Waals surface area contributed by atoms with E-state index in [1.807, 2.05) is 0 Å². The van der Waals surface area contributed by atoms with E-state index in [0.29, 0.717) is 0 Å². The van der Waals surface area contributed by atoms with Crippen molar-refractivity contribution in [1.29, 1.82) is 0 Å². The zero-order valence-corrected chi connectivity index (χ0v) is 8.20. The van der Waals surface area contributed by atoms with E-state index in [9.17, 15) is 0 Å². The fraction of sp³-hybridized carbons (Fsp3) is 0.600. The van der Waals surface area contributed by atoms with Gasteiger partial charge in [-0.3, -0.25) is 0 Å². The highest BCUT2D eigenvalue weighted by molar-refractivity contribution is 5.10. The van der Waals surface area contributed by atoms with Crippen molar-refractivity contribution in [3.8, 4) is 0 Å². The van der Waals surface area contributed by atoms with E-state index in [4.69, 9.17) is 10.5 Å². The minimum absolute atomic E-state index is 0.724. The molecule has 0 amide bonds. The largest absolute Gasteiger partial charge is 0.385 e. The van der Waals surface area contributed by atoms with Gasteiger partial charge in [-0.25, -0.2) is 0 Å². The van der Waals surface area contributed by atoms with Gasteiger partial charge >= 0.3 is 0 Å². The van der Waals surface area contributed by atoms with Crippen LogP contribution in [0.2, 0.25) is 0 Å². The van der Waals surface area contributed by atoms with E-state index in [1.165, 1.54) is 5.56 Å². The zero-order valence-electron chi connectivity index (χ0n) is 8.20. The molecule has 0 saturated heterocycles. The Morgan fingerprint density at radius 2 is 2.38 bits per heavy atom. The number of hydrogen-bond donors (Lipinski definition) is 1. The molecule has 74 valence electrons. The molecule has 0 saturated carbocycles. The van der Waals surface area contributed by atoms with Gasteiger partial charge in [-0.05, 0) is 31.0 Å². The van der Waals surface area contributed by atoms with Gasteiger partial charge in [-0.2, -0.15) is 0 Å². The number of hydrogen-bond acceptors (Lipinski definition) is 2. The first-order chi connectivity index (χ1) is 6.36. The highest BCUT2D eigenvalue weighted by Gasteiger charge is 1.95. The number of ether oxygens (including phenoxy) is 1. The van der Waals surface area contributed by atoms with Crippen LogP contribution in [0.1, 0.15) is 12.0 Å². The van der Waals surface area contributed by atoms with Crippen molar-refractivity contribution >= 4 is 0 Å². The van der Waals surface area contributed by atoms with E-state index in [2.05, 4.69) is 23.0 Å². The number of aryl methyl sites for hydroxylation is 1. The Labute approximate surface area is 79.5 Å². The minimum Gasteiger partial charge on any atom is -0.385 e. The Morgan fingerprint density at radius 1 is 1.54 bits per heavy atom. The predicted molar refractivity (Wildman–Crippen MR) is 53.7 cm³/mol. The van der Waals surface area contributed by atoms with Crippen LogP contribution in [0.4, 0.5) is 0 Å². The van der Waals surface area contributed by atoms with E-state index >= 15 is 0 Å². The number of methoxy groups -OCH3 is 1. The first-order valence-corrected chi connectivity index (χ1v) is 4.70. The summed E-state index contributed by atoms with van der Waals surface area (Å²) in [7, 11) is 1.73. The Morgan fingerprint density at radius 3 is 3.08 bits per heavy atom. The second kappa shape index (κ2) is 5.78. The van der Waals surface area contributed by atoms with Crippen LogP contribution in [-0.2, 0) is 17.7 Å². The third-order valence-corrected chi connectivity index (χ3v) is 2.01. The Kier molecular flexibility index (Phi) is 4.57. The predicted octanol–water partition coefficient (Wildman–Crippen LogP) is 1.03. The summed E-state index contributed by atoms with van der Waals surface area (Å²) in [5.74, 6) is 0. The van der Waals surface area contributed by atoms with Crippen molar-refractivity contribution in [2.24, 2.45) is 5.73 Å². The molecule has 1 aromatic heterocycles. The summed E-state index contributed by atoms with van der Waals surface area (Å²) in [6.45, 7) is 2.57. The quantitative estimate of drug-likeness (QED) is 0.667. The highest BCUT2D eigenvalue weighted by Crippen LogP contribution is 2.02. The molecule has 0 unspecified atom stereocenters. The summed E-state index contributed by atoms with van der Waals surface area (Å²) in [6, 6.07) is 2.12. The van der Waals surface area contributed by atoms with Crippen LogP contribution >= 0.6 is 0 Å². The van der Waals surface area contributed by atoms with Crippen molar-refractivity contribution in [2.45, 2.75) is 19.4 Å². The number of nitrogens with zero attached hydrogens (tertiary/aromatic N) is 1. The van der Waals surface area contributed by atoms with Gasteiger partial charge in [0.15, 0.2) is 0 Å². The molecule has 1 heterocycles. The molecule has 0 aromatic carbocycles. The van der Waals surface area contributed by atoms with Crippen molar-refractivity contribution < 1.29 is 4.74 Å². The van der Waals surface area contributed by atoms with Crippen LogP contribution in [0.25, 0.3) is 0 Å². The van der Waals surface area contributed by atoms with Gasteiger partial charge in [-0.1, -0.05) is 0 Å². The maximum Gasteiger partial charge on any atom is 0.0479 e. The molecule has 0 aliphatic carbocycles. The van der Waals surface area contributed by atoms with Gasteiger partial charge in [-0.15, -0.1) is 0 Å². The lowest BCUT2D eigenvalue weighted by Gasteiger charge is -2.01. The molecule has 0 radical (unpaired) electrons. The van der Waals surface area contributed by atoms with Gasteiger partial charge in [0.05, 0.1) is 0 Å². The maximum absolute atomic E-state index is 5.46. The Hall–Kier alpha value is -0.800. The summed E-state index contributed by atoms with van der Waals surface area (Å²) in [5.41, 5.74) is 6.78. The van der Waals surface area contributed by atoms with Crippen LogP contribution in [0.15, 0.2) is 18.5 Å². The van der Waals surface area contributed by atoms with Crippen LogP contribution < -0.4 is 5.73 Å². The molecule has 3 heteroatoms. The normalized spacial score (nSPS) is 10.6. The van der Waals surface area contributed by atoms with Crippen LogP contribution in [0.5, 0.6) is 0 Å². The summed E-state index contributed by atoms with van der Waals surface area (Å²) < 4.78 is 7.17. The zero-order chi connectivity index (χ0) is 9.52. The second-order valence-corrected chi connectivity index (χ2v) is 3.14. The lowest BCUT2D eigenvalue weighted by molar-refractivity contribution is 0.190. The van der Waals surface area contributed by atoms with Gasteiger partial charge < -0.3 is 15.0 Å². The first kappa shape index (κ1) is 10.3. The molecule has 0 spiro atoms. The first-order valence-electron chi connectivity index (χ1n) is 4.70. The fourth-order valence-corrected chi connectivity index (χ4v) is 1.34. The SMILES string of the molecule is COCCCn1ccc(CCN)c1. The van der Waals surface area contributed by atoms with Gasteiger partial charge in [0.1, 0.15) is 0 Å². The third kappa shape index (κ3) is 3.61. The van der Waals surface area contributed by atoms with Crippen LogP contribution in [0, 0.1) is 0 Å². The van der Waals surface area contributed by atoms with E-state index < -0.39 is 0 Å². The highest BCUT2D eigenvalue weighted by atomic mass is 16.5. The van der Waals surface area contributed by atoms with Crippen molar-refractivity contribution in [1.82, 2.24) is 4.57 Å². The number of rotatable bonds is 6. The summed E-state index contributed by atoms with van der Waals surface area (Å²) in [4.78, 5) is 0. The minimum atomic E-state index is 0.724. The summed E-state index contributed by atoms with van der Waals surface area (Å²) in [5, 5.41) is 0. The van der Waals surface area contributed by atoms with Crippen LogP contribution in [-0.4, -0.2) is 24.8 Å². The lowest BCUT2D eigenvalue weighted by Crippen LogP contribution is -2.02. The molecule has 13 heavy (non-hydrogen) atoms. The molecule has 0 atom stereocenters. The summed E-state index contributed by atoms with van der Waals surface area (Å²) in [6.07, 6.45) is 6.29. The molecule has 0 aliphatic rings. The molecule has 3 nitrogen and oxygen atoms in total. The lowest BCUT2D eigenvalue weighted by atomic mass is 10.2. The van der Waals surface area contributed by atoms with Gasteiger partial charge in [0.2, 0.25) is 0 Å². The molecular formula is C10H18N2O.